The summed E-state index contributed by atoms with van der Waals surface area (Å²) in [6.07, 6.45) is 0. The molecule has 1 atom stereocenters. The van der Waals surface area contributed by atoms with Crippen LogP contribution >= 0.6 is 15.9 Å². The first-order valence-electron chi connectivity index (χ1n) is 10.5. The van der Waals surface area contributed by atoms with Crippen molar-refractivity contribution in [2.75, 3.05) is 35.3 Å². The van der Waals surface area contributed by atoms with Gasteiger partial charge in [-0.05, 0) is 66.9 Å². The Morgan fingerprint density at radius 2 is 1.47 bits per heavy atom. The lowest BCUT2D eigenvalue weighted by molar-refractivity contribution is -0.128. The summed E-state index contributed by atoms with van der Waals surface area (Å²) in [4.78, 5) is 32.7. The van der Waals surface area contributed by atoms with Gasteiger partial charge in [0.05, 0.1) is 5.69 Å². The van der Waals surface area contributed by atoms with Gasteiger partial charge in [-0.1, -0.05) is 46.3 Å². The molecule has 1 fully saturated rings. The van der Waals surface area contributed by atoms with Crippen molar-refractivity contribution < 1.29 is 9.59 Å². The number of halogens is 1. The molecule has 3 aromatic carbocycles. The lowest BCUT2D eigenvalue weighted by Gasteiger charge is -2.41. The molecule has 0 spiro atoms. The van der Waals surface area contributed by atoms with Crippen LogP contribution in [-0.4, -0.2) is 32.5 Å². The van der Waals surface area contributed by atoms with Crippen LogP contribution in [0.4, 0.5) is 17.1 Å². The molecule has 0 aromatic heterocycles. The van der Waals surface area contributed by atoms with E-state index in [1.165, 1.54) is 0 Å². The Morgan fingerprint density at radius 3 is 2.03 bits per heavy atom. The molecule has 32 heavy (non-hydrogen) atoms. The number of benzene rings is 3. The number of hydrogen-bond donors (Lipinski definition) is 0. The van der Waals surface area contributed by atoms with Gasteiger partial charge in [-0.25, -0.2) is 0 Å². The van der Waals surface area contributed by atoms with Gasteiger partial charge in [0.2, 0.25) is 5.91 Å². The largest absolute Gasteiger partial charge is 0.378 e. The summed E-state index contributed by atoms with van der Waals surface area (Å²) in [7, 11) is 3.95. The summed E-state index contributed by atoms with van der Waals surface area (Å²) in [6.45, 7) is 3.96. The molecule has 6 heteroatoms. The van der Waals surface area contributed by atoms with Crippen LogP contribution in [0.15, 0.2) is 71.2 Å². The van der Waals surface area contributed by atoms with E-state index < -0.39 is 6.04 Å². The Morgan fingerprint density at radius 1 is 0.875 bits per heavy atom. The van der Waals surface area contributed by atoms with Gasteiger partial charge in [0, 0.05) is 29.9 Å². The van der Waals surface area contributed by atoms with Crippen LogP contribution in [-0.2, 0) is 9.59 Å². The summed E-state index contributed by atoms with van der Waals surface area (Å²) in [5, 5.41) is 0. The Labute approximate surface area is 197 Å². The van der Waals surface area contributed by atoms with Crippen molar-refractivity contribution in [2.45, 2.75) is 19.9 Å². The maximum Gasteiger partial charge on any atom is 0.255 e. The first-order chi connectivity index (χ1) is 15.3. The van der Waals surface area contributed by atoms with Crippen molar-refractivity contribution in [1.82, 2.24) is 0 Å². The Bertz CT molecular complexity index is 1140. The normalized spacial score (nSPS) is 16.5. The van der Waals surface area contributed by atoms with E-state index >= 15 is 0 Å². The van der Waals surface area contributed by atoms with Crippen molar-refractivity contribution in [3.8, 4) is 0 Å². The third kappa shape index (κ3) is 4.02. The van der Waals surface area contributed by atoms with Gasteiger partial charge < -0.3 is 9.80 Å². The van der Waals surface area contributed by atoms with Crippen LogP contribution in [0.3, 0.4) is 0 Å². The zero-order valence-electron chi connectivity index (χ0n) is 18.7. The fraction of sp³-hybridized carbons (Fsp3) is 0.231. The molecule has 1 aliphatic heterocycles. The number of carbonyl (C=O) groups is 2. The molecular weight excluding hydrogens is 466 g/mol. The van der Waals surface area contributed by atoms with Gasteiger partial charge >= 0.3 is 0 Å². The minimum atomic E-state index is -0.743. The number of aryl methyl sites for hydroxylation is 2. The second kappa shape index (κ2) is 8.79. The molecule has 164 valence electrons. The Balaban J connectivity index is 1.84. The highest BCUT2D eigenvalue weighted by Gasteiger charge is 2.42. The number of rotatable bonds is 4. The van der Waals surface area contributed by atoms with Gasteiger partial charge in [0.15, 0.2) is 0 Å². The van der Waals surface area contributed by atoms with Crippen LogP contribution in [0, 0.1) is 13.8 Å². The average molecular weight is 492 g/mol. The van der Waals surface area contributed by atoms with E-state index in [1.807, 2.05) is 99.6 Å². The van der Waals surface area contributed by atoms with Crippen molar-refractivity contribution >= 4 is 44.8 Å². The van der Waals surface area contributed by atoms with Crippen molar-refractivity contribution in [3.63, 3.8) is 0 Å². The molecular formula is C26H26BrN3O2. The Hall–Kier alpha value is -3.12. The maximum absolute atomic E-state index is 14.0. The smallest absolute Gasteiger partial charge is 0.255 e. The summed E-state index contributed by atoms with van der Waals surface area (Å²) in [5.74, 6) is -0.223. The number of piperazine rings is 1. The molecule has 0 unspecified atom stereocenters. The van der Waals surface area contributed by atoms with Crippen LogP contribution in [0.5, 0.6) is 0 Å². The summed E-state index contributed by atoms with van der Waals surface area (Å²) in [5.41, 5.74) is 5.29. The van der Waals surface area contributed by atoms with Crippen LogP contribution in [0.1, 0.15) is 22.7 Å². The van der Waals surface area contributed by atoms with Gasteiger partial charge in [-0.15, -0.1) is 0 Å². The second-order valence-corrected chi connectivity index (χ2v) is 9.21. The molecule has 0 N–H and O–H groups in total. The van der Waals surface area contributed by atoms with Gasteiger partial charge in [-0.3, -0.25) is 14.5 Å². The number of para-hydroxylation sites is 1. The highest BCUT2D eigenvalue weighted by Crippen LogP contribution is 2.37. The quantitative estimate of drug-likeness (QED) is 0.500. The minimum Gasteiger partial charge on any atom is -0.378 e. The molecule has 1 aliphatic rings. The second-order valence-electron chi connectivity index (χ2n) is 8.29. The molecule has 0 aliphatic carbocycles. The van der Waals surface area contributed by atoms with E-state index in [1.54, 1.807) is 9.80 Å². The lowest BCUT2D eigenvalue weighted by atomic mass is 9.97. The standard InChI is InChI=1S/C26H26BrN3O2/c1-17-6-5-7-18(2)24(17)29-16-23(31)30(22-14-10-20(27)11-15-22)25(26(29)32)19-8-12-21(13-9-19)28(3)4/h5-15,25H,16H2,1-4H3/t25-/m1/s1. The molecule has 3 aromatic rings. The molecule has 5 nitrogen and oxygen atoms in total. The third-order valence-electron chi connectivity index (χ3n) is 5.86. The summed E-state index contributed by atoms with van der Waals surface area (Å²) >= 11 is 3.45. The predicted molar refractivity (Wildman–Crippen MR) is 133 cm³/mol. The number of amides is 2. The predicted octanol–water partition coefficient (Wildman–Crippen LogP) is 5.25. The first kappa shape index (κ1) is 22.1. The van der Waals surface area contributed by atoms with Crippen LogP contribution in [0.25, 0.3) is 0 Å². The van der Waals surface area contributed by atoms with E-state index in [0.717, 1.165) is 32.5 Å². The van der Waals surface area contributed by atoms with Crippen molar-refractivity contribution in [3.05, 3.63) is 87.9 Å². The van der Waals surface area contributed by atoms with E-state index in [9.17, 15) is 9.59 Å². The zero-order chi connectivity index (χ0) is 23.0. The zero-order valence-corrected chi connectivity index (χ0v) is 20.3. The monoisotopic (exact) mass is 491 g/mol. The highest BCUT2D eigenvalue weighted by atomic mass is 79.9. The molecule has 0 saturated carbocycles. The van der Waals surface area contributed by atoms with E-state index in [4.69, 9.17) is 0 Å². The van der Waals surface area contributed by atoms with E-state index in [-0.39, 0.29) is 18.4 Å². The van der Waals surface area contributed by atoms with Crippen molar-refractivity contribution in [2.24, 2.45) is 0 Å². The highest BCUT2D eigenvalue weighted by molar-refractivity contribution is 9.10. The number of anilines is 3. The van der Waals surface area contributed by atoms with E-state index in [2.05, 4.69) is 15.9 Å². The average Bonchev–Trinajstić information content (AvgIpc) is 2.76. The minimum absolute atomic E-state index is 0.00682. The number of carbonyl (C=O) groups excluding carboxylic acids is 2. The molecule has 1 heterocycles. The van der Waals surface area contributed by atoms with Gasteiger partial charge in [-0.2, -0.15) is 0 Å². The third-order valence-corrected chi connectivity index (χ3v) is 6.39. The molecule has 1 saturated heterocycles. The fourth-order valence-corrected chi connectivity index (χ4v) is 4.52. The summed E-state index contributed by atoms with van der Waals surface area (Å²) in [6, 6.07) is 20.5. The summed E-state index contributed by atoms with van der Waals surface area (Å²) < 4.78 is 0.918. The SMILES string of the molecule is Cc1cccc(C)c1N1CC(=O)N(c2ccc(Br)cc2)[C@H](c2ccc(N(C)C)cc2)C1=O. The fourth-order valence-electron chi connectivity index (χ4n) is 4.25. The molecule has 2 amide bonds. The Kier molecular flexibility index (Phi) is 6.07. The number of nitrogens with zero attached hydrogens (tertiary/aromatic N) is 3. The van der Waals surface area contributed by atoms with E-state index in [0.29, 0.717) is 5.69 Å². The topological polar surface area (TPSA) is 43.9 Å². The van der Waals surface area contributed by atoms with Gasteiger partial charge in [0.25, 0.3) is 5.91 Å². The molecule has 0 radical (unpaired) electrons. The molecule has 0 bridgehead atoms. The van der Waals surface area contributed by atoms with Crippen molar-refractivity contribution in [1.29, 1.82) is 0 Å². The van der Waals surface area contributed by atoms with Gasteiger partial charge in [0.1, 0.15) is 12.6 Å². The lowest BCUT2D eigenvalue weighted by Crippen LogP contribution is -2.56. The first-order valence-corrected chi connectivity index (χ1v) is 11.3. The van der Waals surface area contributed by atoms with Crippen LogP contribution in [0.2, 0.25) is 0 Å². The maximum atomic E-state index is 14.0. The van der Waals surface area contributed by atoms with Crippen LogP contribution < -0.4 is 14.7 Å². The number of hydrogen-bond acceptors (Lipinski definition) is 3. The molecule has 4 rings (SSSR count).